The maximum absolute atomic E-state index is 10.2. The van der Waals surface area contributed by atoms with E-state index in [1.807, 2.05) is 0 Å². The van der Waals surface area contributed by atoms with Crippen molar-refractivity contribution < 1.29 is 29.2 Å². The van der Waals surface area contributed by atoms with Crippen molar-refractivity contribution in [2.45, 2.75) is 5.07 Å². The van der Waals surface area contributed by atoms with Gasteiger partial charge in [-0.05, 0) is 0 Å². The van der Waals surface area contributed by atoms with Crippen molar-refractivity contribution >= 4 is 0 Å². The van der Waals surface area contributed by atoms with Crippen molar-refractivity contribution in [3.63, 3.8) is 0 Å². The first-order valence-electron chi connectivity index (χ1n) is 0.718. The molecule has 0 nitrogen and oxygen atoms in total. The molecule has 4 heteroatoms. The van der Waals surface area contributed by atoms with Crippen LogP contribution in [0.1, 0.15) is 0 Å². The Labute approximate surface area is 35.2 Å². The third-order valence-corrected chi connectivity index (χ3v) is 0. The number of hydrogen-bond donors (Lipinski definition) is 0. The van der Waals surface area contributed by atoms with E-state index in [0.29, 0.717) is 0 Å². The topological polar surface area (TPSA) is 0 Å². The molecule has 0 heterocycles. The van der Waals surface area contributed by atoms with E-state index in [1.54, 1.807) is 0 Å². The molecule has 36 valence electrons. The van der Waals surface area contributed by atoms with E-state index in [9.17, 15) is 13.2 Å². The second-order valence-corrected chi connectivity index (χ2v) is 0.919. The van der Waals surface area contributed by atoms with Gasteiger partial charge in [-0.1, -0.05) is 0 Å². The first-order valence-corrected chi connectivity index (χ1v) is 1.19. The minimum atomic E-state index is -4.44. The van der Waals surface area contributed by atoms with E-state index >= 15 is 0 Å². The van der Waals surface area contributed by atoms with Crippen LogP contribution in [0.15, 0.2) is 0 Å². The third-order valence-electron chi connectivity index (χ3n) is 0. The van der Waals surface area contributed by atoms with Crippen molar-refractivity contribution in [3.8, 4) is 0 Å². The molecule has 0 radical (unpaired) electrons. The van der Waals surface area contributed by atoms with E-state index < -0.39 is 5.07 Å². The Bertz CT molecular complexity index is 22.4. The van der Waals surface area contributed by atoms with E-state index in [1.165, 1.54) is 0 Å². The average molecular weight is 133 g/mol. The summed E-state index contributed by atoms with van der Waals surface area (Å²) in [6.45, 7) is 0. The monoisotopic (exact) mass is 132 g/mol. The van der Waals surface area contributed by atoms with Gasteiger partial charge < -0.3 is 0 Å². The summed E-state index contributed by atoms with van der Waals surface area (Å²) in [5, 5.41) is -4.44. The fraction of sp³-hybridized carbons (Fsp3) is 1.00. The number of rotatable bonds is 0. The fourth-order valence-electron chi connectivity index (χ4n) is 0. The van der Waals surface area contributed by atoms with Crippen molar-refractivity contribution in [1.29, 1.82) is 0 Å². The second-order valence-electron chi connectivity index (χ2n) is 0.385. The summed E-state index contributed by atoms with van der Waals surface area (Å²) in [6.07, 6.45) is 0. The predicted octanol–water partition coefficient (Wildman–Crippen LogP) is 1.05. The number of halogens is 3. The molecular weight excluding hydrogens is 133 g/mol. The van der Waals surface area contributed by atoms with Gasteiger partial charge in [0.25, 0.3) is 0 Å². The first kappa shape index (κ1) is 5.31. The van der Waals surface area contributed by atoms with Crippen molar-refractivity contribution in [3.05, 3.63) is 0 Å². The van der Waals surface area contributed by atoms with Crippen LogP contribution < -0.4 is 0 Å². The summed E-state index contributed by atoms with van der Waals surface area (Å²) in [5.41, 5.74) is 0. The van der Waals surface area contributed by atoms with Crippen molar-refractivity contribution in [2.24, 2.45) is 0 Å². The molecule has 0 spiro atoms. The van der Waals surface area contributed by atoms with Gasteiger partial charge in [-0.2, -0.15) is 0 Å². The molecule has 0 aromatic rings. The molecule has 0 aliphatic heterocycles. The molecule has 0 saturated heterocycles. The molecular formula is CCuF3. The number of alkyl halides is 3. The molecule has 0 amide bonds. The molecule has 0 aliphatic rings. The van der Waals surface area contributed by atoms with Crippen LogP contribution >= 0.6 is 0 Å². The fourth-order valence-corrected chi connectivity index (χ4v) is 0. The van der Waals surface area contributed by atoms with Gasteiger partial charge in [-0.15, -0.1) is 0 Å². The quantitative estimate of drug-likeness (QED) is 0.433. The molecule has 0 atom stereocenters. The first-order chi connectivity index (χ1) is 2.00. The Hall–Kier alpha value is 0.309. The van der Waals surface area contributed by atoms with Crippen LogP contribution in [0.3, 0.4) is 0 Å². The summed E-state index contributed by atoms with van der Waals surface area (Å²) in [6, 6.07) is 0. The molecule has 0 rings (SSSR count). The van der Waals surface area contributed by atoms with Gasteiger partial charge in [0.1, 0.15) is 0 Å². The standard InChI is InChI=1S/CF3.Cu/c2-1(3)4;. The summed E-state index contributed by atoms with van der Waals surface area (Å²) in [5.74, 6) is 0. The Morgan fingerprint density at radius 3 is 1.20 bits per heavy atom. The van der Waals surface area contributed by atoms with Gasteiger partial charge in [-0.25, -0.2) is 0 Å². The van der Waals surface area contributed by atoms with Gasteiger partial charge in [0, 0.05) is 0 Å². The molecule has 0 unspecified atom stereocenters. The van der Waals surface area contributed by atoms with Gasteiger partial charge in [0.2, 0.25) is 0 Å². The SMILES string of the molecule is F[C](F)(F)[Cu]. The second kappa shape index (κ2) is 1.19. The zero-order chi connectivity index (χ0) is 4.50. The Kier molecular flexibility index (Phi) is 1.26. The summed E-state index contributed by atoms with van der Waals surface area (Å²) < 4.78 is 30.5. The van der Waals surface area contributed by atoms with E-state index in [4.69, 9.17) is 0 Å². The van der Waals surface area contributed by atoms with Crippen molar-refractivity contribution in [2.75, 3.05) is 0 Å². The van der Waals surface area contributed by atoms with Gasteiger partial charge in [0.15, 0.2) is 0 Å². The van der Waals surface area contributed by atoms with Crippen molar-refractivity contribution in [1.82, 2.24) is 0 Å². The van der Waals surface area contributed by atoms with Crippen LogP contribution in [0.2, 0.25) is 0 Å². The van der Waals surface area contributed by atoms with Crippen LogP contribution in [0.4, 0.5) is 13.2 Å². The Morgan fingerprint density at radius 2 is 1.20 bits per heavy atom. The maximum atomic E-state index is 10.2. The zero-order valence-corrected chi connectivity index (χ0v) is 2.88. The molecule has 0 aromatic carbocycles. The number of hydrogen-bond acceptors (Lipinski definition) is 0. The molecule has 5 heavy (non-hydrogen) atoms. The summed E-state index contributed by atoms with van der Waals surface area (Å²) in [4.78, 5) is 0. The molecule has 0 aliphatic carbocycles. The molecule has 0 bridgehead atoms. The zero-order valence-electron chi connectivity index (χ0n) is 1.94. The molecule has 0 saturated carbocycles. The van der Waals surface area contributed by atoms with Crippen LogP contribution in [-0.2, 0) is 16.0 Å². The van der Waals surface area contributed by atoms with Crippen LogP contribution in [-0.4, -0.2) is 5.07 Å². The normalized spacial score (nSPS) is 12.2. The van der Waals surface area contributed by atoms with E-state index in [2.05, 4.69) is 16.0 Å². The predicted molar refractivity (Wildman–Crippen MR) is 6.05 cm³/mol. The Balaban J connectivity index is 3.02. The van der Waals surface area contributed by atoms with Gasteiger partial charge >= 0.3 is 34.3 Å². The van der Waals surface area contributed by atoms with Crippen LogP contribution in [0.5, 0.6) is 0 Å². The van der Waals surface area contributed by atoms with E-state index in [0.717, 1.165) is 0 Å². The van der Waals surface area contributed by atoms with Crippen LogP contribution in [0.25, 0.3) is 0 Å². The average Bonchev–Trinajstić information content (AvgIpc) is 0.722. The molecule has 0 aromatic heterocycles. The van der Waals surface area contributed by atoms with Crippen LogP contribution in [0, 0.1) is 0 Å². The summed E-state index contributed by atoms with van der Waals surface area (Å²) >= 11 is 2.96. The molecule has 0 N–H and O–H groups in total. The van der Waals surface area contributed by atoms with Gasteiger partial charge in [-0.3, -0.25) is 0 Å². The minimum absolute atomic E-state index is 2.96. The molecule has 0 fully saturated rings. The summed E-state index contributed by atoms with van der Waals surface area (Å²) in [7, 11) is 0. The van der Waals surface area contributed by atoms with E-state index in [-0.39, 0.29) is 0 Å². The Morgan fingerprint density at radius 1 is 1.20 bits per heavy atom. The van der Waals surface area contributed by atoms with Gasteiger partial charge in [0.05, 0.1) is 0 Å². The third kappa shape index (κ3) is 240.